The maximum absolute atomic E-state index is 13.5. The molecule has 1 atom stereocenters. The van der Waals surface area contributed by atoms with Crippen LogP contribution in [0, 0.1) is 6.92 Å². The number of anilines is 1. The van der Waals surface area contributed by atoms with Gasteiger partial charge >= 0.3 is 12.3 Å². The van der Waals surface area contributed by atoms with Gasteiger partial charge in [0.15, 0.2) is 11.5 Å². The molecule has 4 aromatic rings. The van der Waals surface area contributed by atoms with Crippen LogP contribution in [0.15, 0.2) is 66.7 Å². The Morgan fingerprint density at radius 3 is 2.61 bits per heavy atom. The summed E-state index contributed by atoms with van der Waals surface area (Å²) in [5.41, 5.74) is 4.25. The second-order valence-electron chi connectivity index (χ2n) is 9.91. The number of aromatic carboxylic acids is 1. The van der Waals surface area contributed by atoms with Gasteiger partial charge in [-0.1, -0.05) is 12.1 Å². The number of alkyl halides is 2. The third kappa shape index (κ3) is 4.94. The first-order chi connectivity index (χ1) is 19.6. The Morgan fingerprint density at radius 1 is 1.05 bits per heavy atom. The fraction of sp³-hybridized carbons (Fsp3) is 0.233. The van der Waals surface area contributed by atoms with Crippen LogP contribution in [0.2, 0.25) is 0 Å². The first-order valence-electron chi connectivity index (χ1n) is 13.0. The van der Waals surface area contributed by atoms with Gasteiger partial charge in [-0.05, 0) is 74.7 Å². The molecule has 9 nitrogen and oxygen atoms in total. The molecule has 0 spiro atoms. The highest BCUT2D eigenvalue weighted by Crippen LogP contribution is 2.43. The zero-order valence-corrected chi connectivity index (χ0v) is 22.1. The lowest BCUT2D eigenvalue weighted by atomic mass is 9.93. The Bertz CT molecular complexity index is 1680. The number of ether oxygens (including phenoxy) is 3. The van der Waals surface area contributed by atoms with E-state index < -0.39 is 12.3 Å². The van der Waals surface area contributed by atoms with Crippen LogP contribution in [0.4, 0.5) is 14.5 Å². The van der Waals surface area contributed by atoms with Crippen molar-refractivity contribution in [3.63, 3.8) is 0 Å². The third-order valence-electron chi connectivity index (χ3n) is 7.20. The molecular weight excluding hydrogens is 536 g/mol. The largest absolute Gasteiger partial charge is 0.586 e. The molecule has 0 radical (unpaired) electrons. The number of carbonyl (C=O) groups is 2. The van der Waals surface area contributed by atoms with E-state index in [1.807, 2.05) is 13.0 Å². The summed E-state index contributed by atoms with van der Waals surface area (Å²) >= 11 is 0. The molecule has 0 saturated heterocycles. The van der Waals surface area contributed by atoms with E-state index in [0.717, 1.165) is 29.8 Å². The highest BCUT2D eigenvalue weighted by molar-refractivity contribution is 6.06. The zero-order valence-electron chi connectivity index (χ0n) is 22.1. The summed E-state index contributed by atoms with van der Waals surface area (Å²) in [5, 5.41) is 14.1. The van der Waals surface area contributed by atoms with Crippen LogP contribution in [-0.2, 0) is 6.42 Å². The van der Waals surface area contributed by atoms with Crippen molar-refractivity contribution in [2.24, 2.45) is 0 Å². The van der Waals surface area contributed by atoms with E-state index in [9.17, 15) is 23.5 Å². The summed E-state index contributed by atoms with van der Waals surface area (Å²) in [5.74, 6) is -1.22. The average molecular weight is 562 g/mol. The van der Waals surface area contributed by atoms with Gasteiger partial charge < -0.3 is 24.2 Å². The van der Waals surface area contributed by atoms with Crippen LogP contribution in [0.25, 0.3) is 5.69 Å². The number of halogens is 2. The fourth-order valence-corrected chi connectivity index (χ4v) is 5.22. The molecular formula is C30H25F2N3O6. The van der Waals surface area contributed by atoms with Crippen LogP contribution >= 0.6 is 0 Å². The van der Waals surface area contributed by atoms with E-state index >= 15 is 0 Å². The molecule has 0 bridgehead atoms. The summed E-state index contributed by atoms with van der Waals surface area (Å²) in [7, 11) is 1.54. The minimum absolute atomic E-state index is 0.105. The van der Waals surface area contributed by atoms with Crippen LogP contribution in [0.5, 0.6) is 17.2 Å². The van der Waals surface area contributed by atoms with Crippen molar-refractivity contribution in [1.29, 1.82) is 0 Å². The molecule has 41 heavy (non-hydrogen) atoms. The zero-order chi connectivity index (χ0) is 28.9. The minimum Gasteiger partial charge on any atom is -0.484 e. The SMILES string of the molecule is Cc1nn(-c2cccc(C(=O)N(C)c3ccc4c(c3)OC(F)(F)O4)c2)c2c1CCC[C@H]2Oc1cccc(C(=O)O)c1. The Balaban J connectivity index is 1.30. The lowest BCUT2D eigenvalue weighted by Crippen LogP contribution is -2.26. The molecule has 6 rings (SSSR count). The number of amides is 1. The standard InChI is InChI=1S/C30H25F2N3O6/c1-17-23-10-5-11-25(39-22-9-4-7-19(15-22)29(37)38)27(23)35(33-17)21-8-3-6-18(14-21)28(36)34(2)20-12-13-24-26(16-20)41-30(31,32)40-24/h3-4,6-9,12-16,25H,5,10-11H2,1-2H3,(H,37,38)/t25-/m1/s1. The summed E-state index contributed by atoms with van der Waals surface area (Å²) in [6, 6.07) is 17.5. The number of carboxylic acid groups (broad SMARTS) is 1. The molecule has 2 heterocycles. The van der Waals surface area contributed by atoms with E-state index in [0.29, 0.717) is 29.1 Å². The predicted octanol–water partition coefficient (Wildman–Crippen LogP) is 5.93. The third-order valence-corrected chi connectivity index (χ3v) is 7.20. The molecule has 0 unspecified atom stereocenters. The van der Waals surface area contributed by atoms with Crippen molar-refractivity contribution in [1.82, 2.24) is 9.78 Å². The van der Waals surface area contributed by atoms with Gasteiger partial charge in [0.1, 0.15) is 11.9 Å². The summed E-state index contributed by atoms with van der Waals surface area (Å²) in [4.78, 5) is 26.2. The maximum Gasteiger partial charge on any atom is 0.586 e. The summed E-state index contributed by atoms with van der Waals surface area (Å²) in [6.07, 6.45) is -1.72. The lowest BCUT2D eigenvalue weighted by Gasteiger charge is -2.26. The molecule has 2 aliphatic rings. The second kappa shape index (κ2) is 9.92. The Morgan fingerprint density at radius 2 is 1.80 bits per heavy atom. The molecule has 0 saturated carbocycles. The number of rotatable bonds is 6. The molecule has 1 aliphatic carbocycles. The highest BCUT2D eigenvalue weighted by Gasteiger charge is 2.43. The topological polar surface area (TPSA) is 103 Å². The number of hydrogen-bond acceptors (Lipinski definition) is 6. The second-order valence-corrected chi connectivity index (χ2v) is 9.91. The summed E-state index contributed by atoms with van der Waals surface area (Å²) < 4.78 is 44.0. The number of fused-ring (bicyclic) bond motifs is 2. The van der Waals surface area contributed by atoms with E-state index in [-0.39, 0.29) is 29.1 Å². The quantitative estimate of drug-likeness (QED) is 0.311. The van der Waals surface area contributed by atoms with E-state index in [1.165, 1.54) is 35.2 Å². The molecule has 1 aromatic heterocycles. The van der Waals surface area contributed by atoms with E-state index in [2.05, 4.69) is 9.47 Å². The number of aromatic nitrogens is 2. The van der Waals surface area contributed by atoms with Crippen molar-refractivity contribution in [2.45, 2.75) is 38.6 Å². The molecule has 1 N–H and O–H groups in total. The van der Waals surface area contributed by atoms with Gasteiger partial charge in [-0.25, -0.2) is 9.48 Å². The Labute approximate surface area is 233 Å². The van der Waals surface area contributed by atoms with E-state index in [1.54, 1.807) is 42.1 Å². The van der Waals surface area contributed by atoms with Crippen molar-refractivity contribution in [3.8, 4) is 22.9 Å². The highest BCUT2D eigenvalue weighted by atomic mass is 19.3. The van der Waals surface area contributed by atoms with Gasteiger partial charge in [-0.3, -0.25) is 4.79 Å². The molecule has 11 heteroatoms. The molecule has 210 valence electrons. The molecule has 1 aliphatic heterocycles. The van der Waals surface area contributed by atoms with Gasteiger partial charge in [0.05, 0.1) is 22.6 Å². The molecule has 3 aromatic carbocycles. The van der Waals surface area contributed by atoms with Crippen LogP contribution in [-0.4, -0.2) is 40.1 Å². The van der Waals surface area contributed by atoms with Crippen molar-refractivity contribution in [2.75, 3.05) is 11.9 Å². The molecule has 0 fully saturated rings. The van der Waals surface area contributed by atoms with Gasteiger partial charge in [0.2, 0.25) is 0 Å². The maximum atomic E-state index is 13.5. The van der Waals surface area contributed by atoms with Crippen LogP contribution < -0.4 is 19.1 Å². The van der Waals surface area contributed by atoms with Gasteiger partial charge in [0.25, 0.3) is 5.91 Å². The van der Waals surface area contributed by atoms with Crippen molar-refractivity contribution in [3.05, 3.63) is 94.8 Å². The first kappa shape index (κ1) is 26.3. The fourth-order valence-electron chi connectivity index (χ4n) is 5.22. The smallest absolute Gasteiger partial charge is 0.484 e. The Kier molecular flexibility index (Phi) is 6.36. The number of nitrogens with zero attached hydrogens (tertiary/aromatic N) is 3. The monoisotopic (exact) mass is 561 g/mol. The number of carbonyl (C=O) groups excluding carboxylic acids is 1. The number of carboxylic acids is 1. The molecule has 1 amide bonds. The van der Waals surface area contributed by atoms with E-state index in [4.69, 9.17) is 9.84 Å². The van der Waals surface area contributed by atoms with Gasteiger partial charge in [-0.15, -0.1) is 8.78 Å². The average Bonchev–Trinajstić information content (AvgIpc) is 3.47. The lowest BCUT2D eigenvalue weighted by molar-refractivity contribution is -0.286. The first-order valence-corrected chi connectivity index (χ1v) is 13.0. The number of hydrogen-bond donors (Lipinski definition) is 1. The normalized spacial score (nSPS) is 16.6. The summed E-state index contributed by atoms with van der Waals surface area (Å²) in [6.45, 7) is 1.93. The van der Waals surface area contributed by atoms with Crippen molar-refractivity contribution >= 4 is 17.6 Å². The Hall–Kier alpha value is -4.93. The van der Waals surface area contributed by atoms with Crippen molar-refractivity contribution < 1.29 is 37.7 Å². The predicted molar refractivity (Wildman–Crippen MR) is 143 cm³/mol. The minimum atomic E-state index is -3.75. The number of aryl methyl sites for hydroxylation is 1. The van der Waals surface area contributed by atoms with Gasteiger partial charge in [-0.2, -0.15) is 5.10 Å². The van der Waals surface area contributed by atoms with Crippen LogP contribution in [0.1, 0.15) is 56.6 Å². The van der Waals surface area contributed by atoms with Gasteiger partial charge in [0, 0.05) is 29.9 Å². The number of benzene rings is 3. The van der Waals surface area contributed by atoms with Crippen LogP contribution in [0.3, 0.4) is 0 Å².